The summed E-state index contributed by atoms with van der Waals surface area (Å²) in [6.07, 6.45) is 3.75. The zero-order valence-electron chi connectivity index (χ0n) is 18.6. The number of anilines is 1. The standard InChI is InChI=1S/C13H19N3O2.C11H10.CH4O.H2/c1-2-18-13(17)10-3-4-12(15-9-10)16-11-5-7-14-8-6-11;1-9-6-7-10-4-2-3-5-11(10)8-9;1-2;/h3-4,9,11,14H,2,5-8H2,1H3,(H,15,16);2-8H,1H3;2H,1H3;1H. The third-order valence-electron chi connectivity index (χ3n) is 4.87. The molecule has 0 amide bonds. The van der Waals surface area contributed by atoms with Gasteiger partial charge >= 0.3 is 5.97 Å². The Morgan fingerprint density at radius 1 is 1.13 bits per heavy atom. The van der Waals surface area contributed by atoms with Crippen molar-refractivity contribution in [3.63, 3.8) is 0 Å². The third kappa shape index (κ3) is 8.00. The average molecular weight is 426 g/mol. The van der Waals surface area contributed by atoms with Crippen molar-refractivity contribution in [1.82, 2.24) is 10.3 Å². The molecule has 0 aliphatic carbocycles. The van der Waals surface area contributed by atoms with Crippen molar-refractivity contribution < 1.29 is 16.1 Å². The first-order valence-electron chi connectivity index (χ1n) is 10.7. The van der Waals surface area contributed by atoms with Gasteiger partial charge in [0.1, 0.15) is 5.82 Å². The van der Waals surface area contributed by atoms with Crippen LogP contribution in [0.1, 0.15) is 37.1 Å². The van der Waals surface area contributed by atoms with Crippen molar-refractivity contribution in [1.29, 1.82) is 0 Å². The largest absolute Gasteiger partial charge is 0.462 e. The number of nitrogens with zero attached hydrogens (tertiary/aromatic N) is 1. The Hall–Kier alpha value is -2.96. The molecule has 0 spiro atoms. The van der Waals surface area contributed by atoms with E-state index in [1.807, 2.05) is 6.07 Å². The van der Waals surface area contributed by atoms with Crippen LogP contribution in [0.3, 0.4) is 0 Å². The van der Waals surface area contributed by atoms with Gasteiger partial charge in [-0.25, -0.2) is 9.78 Å². The minimum absolute atomic E-state index is 0. The van der Waals surface area contributed by atoms with Crippen molar-refractivity contribution in [3.8, 4) is 0 Å². The Labute approximate surface area is 186 Å². The van der Waals surface area contributed by atoms with Crippen molar-refractivity contribution >= 4 is 22.6 Å². The first-order chi connectivity index (χ1) is 15.2. The molecule has 6 heteroatoms. The number of aliphatic hydroxyl groups is 1. The van der Waals surface area contributed by atoms with Crippen LogP contribution in [0.25, 0.3) is 10.8 Å². The molecule has 0 saturated carbocycles. The predicted octanol–water partition coefficient (Wildman–Crippen LogP) is 4.42. The lowest BCUT2D eigenvalue weighted by atomic mass is 10.1. The number of hydrogen-bond acceptors (Lipinski definition) is 6. The van der Waals surface area contributed by atoms with Gasteiger partial charge < -0.3 is 20.5 Å². The molecule has 0 unspecified atom stereocenters. The van der Waals surface area contributed by atoms with Crippen LogP contribution >= 0.6 is 0 Å². The molecule has 3 N–H and O–H groups in total. The van der Waals surface area contributed by atoms with Crippen molar-refractivity contribution in [2.75, 3.05) is 32.1 Å². The monoisotopic (exact) mass is 425 g/mol. The normalized spacial score (nSPS) is 13.3. The van der Waals surface area contributed by atoms with Crippen LogP contribution in [-0.4, -0.2) is 48.9 Å². The number of rotatable bonds is 4. The lowest BCUT2D eigenvalue weighted by Gasteiger charge is -2.24. The number of carbonyl (C=O) groups is 1. The molecule has 1 aromatic heterocycles. The molecule has 3 aromatic rings. The van der Waals surface area contributed by atoms with E-state index in [4.69, 9.17) is 9.84 Å². The van der Waals surface area contributed by atoms with Crippen molar-refractivity contribution in [2.45, 2.75) is 32.7 Å². The minimum Gasteiger partial charge on any atom is -0.462 e. The van der Waals surface area contributed by atoms with E-state index in [0.717, 1.165) is 38.9 Å². The molecule has 0 radical (unpaired) electrons. The fourth-order valence-electron chi connectivity index (χ4n) is 3.30. The van der Waals surface area contributed by atoms with E-state index in [1.165, 1.54) is 16.3 Å². The molecule has 1 aliphatic heterocycles. The molecule has 4 rings (SSSR count). The maximum absolute atomic E-state index is 11.5. The molecular weight excluding hydrogens is 390 g/mol. The number of piperidine rings is 1. The topological polar surface area (TPSA) is 83.5 Å². The fraction of sp³-hybridized carbons (Fsp3) is 0.360. The number of benzene rings is 2. The van der Waals surface area contributed by atoms with E-state index in [1.54, 1.807) is 19.2 Å². The highest BCUT2D eigenvalue weighted by atomic mass is 16.5. The summed E-state index contributed by atoms with van der Waals surface area (Å²) < 4.78 is 4.91. The van der Waals surface area contributed by atoms with Gasteiger partial charge in [-0.15, -0.1) is 0 Å². The summed E-state index contributed by atoms with van der Waals surface area (Å²) in [5.41, 5.74) is 1.82. The summed E-state index contributed by atoms with van der Waals surface area (Å²) >= 11 is 0. The van der Waals surface area contributed by atoms with E-state index in [0.29, 0.717) is 18.2 Å². The summed E-state index contributed by atoms with van der Waals surface area (Å²) in [7, 11) is 1.00. The SMILES string of the molecule is CCOC(=O)c1ccc(NC2CCNCC2)nc1.CO.Cc1ccc2ccccc2c1.[HH]. The van der Waals surface area contributed by atoms with Crippen LogP contribution in [0.15, 0.2) is 60.8 Å². The van der Waals surface area contributed by atoms with Crippen LogP contribution in [0.5, 0.6) is 0 Å². The Morgan fingerprint density at radius 3 is 2.48 bits per heavy atom. The van der Waals surface area contributed by atoms with Gasteiger partial charge in [0.05, 0.1) is 12.2 Å². The van der Waals surface area contributed by atoms with E-state index in [9.17, 15) is 4.79 Å². The number of aryl methyl sites for hydroxylation is 1. The Kier molecular flexibility index (Phi) is 10.5. The molecule has 0 bridgehead atoms. The highest BCUT2D eigenvalue weighted by molar-refractivity contribution is 5.89. The molecule has 1 fully saturated rings. The zero-order chi connectivity index (χ0) is 22.5. The van der Waals surface area contributed by atoms with Crippen LogP contribution in [0.4, 0.5) is 5.82 Å². The molecule has 0 atom stereocenters. The van der Waals surface area contributed by atoms with Gasteiger partial charge in [0.2, 0.25) is 0 Å². The van der Waals surface area contributed by atoms with Gasteiger partial charge in [-0.05, 0) is 62.7 Å². The maximum Gasteiger partial charge on any atom is 0.339 e. The van der Waals surface area contributed by atoms with Gasteiger partial charge in [-0.1, -0.05) is 48.0 Å². The number of ether oxygens (including phenoxy) is 1. The molecule has 1 saturated heterocycles. The molecule has 2 heterocycles. The van der Waals surface area contributed by atoms with Gasteiger partial charge in [0.25, 0.3) is 0 Å². The highest BCUT2D eigenvalue weighted by Crippen LogP contribution is 2.14. The summed E-state index contributed by atoms with van der Waals surface area (Å²) in [6.45, 7) is 6.37. The molecule has 2 aromatic carbocycles. The fourth-order valence-corrected chi connectivity index (χ4v) is 3.30. The average Bonchev–Trinajstić information content (AvgIpc) is 2.82. The van der Waals surface area contributed by atoms with Crippen molar-refractivity contribution in [3.05, 3.63) is 71.9 Å². The van der Waals surface area contributed by atoms with Crippen LogP contribution in [-0.2, 0) is 4.74 Å². The predicted molar refractivity (Wildman–Crippen MR) is 129 cm³/mol. The lowest BCUT2D eigenvalue weighted by Crippen LogP contribution is -2.35. The highest BCUT2D eigenvalue weighted by Gasteiger charge is 2.13. The smallest absolute Gasteiger partial charge is 0.339 e. The summed E-state index contributed by atoms with van der Waals surface area (Å²) in [5.74, 6) is 0.494. The Morgan fingerprint density at radius 2 is 1.84 bits per heavy atom. The van der Waals surface area contributed by atoms with E-state index < -0.39 is 0 Å². The molecule has 168 valence electrons. The third-order valence-corrected chi connectivity index (χ3v) is 4.87. The van der Waals surface area contributed by atoms with Crippen LogP contribution in [0.2, 0.25) is 0 Å². The van der Waals surface area contributed by atoms with Gasteiger partial charge in [0.15, 0.2) is 0 Å². The number of carbonyl (C=O) groups excluding carboxylic acids is 1. The van der Waals surface area contributed by atoms with E-state index >= 15 is 0 Å². The summed E-state index contributed by atoms with van der Waals surface area (Å²) in [5, 5.41) is 16.3. The number of aromatic nitrogens is 1. The quantitative estimate of drug-likeness (QED) is 0.537. The summed E-state index contributed by atoms with van der Waals surface area (Å²) in [6, 6.07) is 19.0. The number of esters is 1. The number of fused-ring (bicyclic) bond motifs is 1. The van der Waals surface area contributed by atoms with Gasteiger partial charge in [-0.2, -0.15) is 0 Å². The van der Waals surface area contributed by atoms with Gasteiger partial charge in [0, 0.05) is 20.8 Å². The first-order valence-corrected chi connectivity index (χ1v) is 10.7. The number of hydrogen-bond donors (Lipinski definition) is 3. The molecule has 31 heavy (non-hydrogen) atoms. The number of aliphatic hydroxyl groups excluding tert-OH is 1. The zero-order valence-corrected chi connectivity index (χ0v) is 18.6. The van der Waals surface area contributed by atoms with Gasteiger partial charge in [-0.3, -0.25) is 0 Å². The molecular formula is C25H35N3O3. The minimum atomic E-state index is -0.321. The van der Waals surface area contributed by atoms with Crippen LogP contribution < -0.4 is 10.6 Å². The van der Waals surface area contributed by atoms with Crippen molar-refractivity contribution in [2.24, 2.45) is 0 Å². The van der Waals surface area contributed by atoms with E-state index in [2.05, 4.69) is 65.0 Å². The Balaban J connectivity index is 0.000000314. The maximum atomic E-state index is 11.5. The second kappa shape index (κ2) is 13.4. The second-order valence-corrected chi connectivity index (χ2v) is 7.17. The second-order valence-electron chi connectivity index (χ2n) is 7.17. The molecule has 6 nitrogen and oxygen atoms in total. The van der Waals surface area contributed by atoms with E-state index in [-0.39, 0.29) is 7.40 Å². The summed E-state index contributed by atoms with van der Waals surface area (Å²) in [4.78, 5) is 15.7. The lowest BCUT2D eigenvalue weighted by molar-refractivity contribution is 0.0526. The first kappa shape index (κ1) is 24.3. The molecule has 1 aliphatic rings. The number of pyridine rings is 1. The van der Waals surface area contributed by atoms with Crippen LogP contribution in [0, 0.1) is 6.92 Å². The number of nitrogens with one attached hydrogen (secondary N) is 2. The Bertz CT molecular complexity index is 929.